The van der Waals surface area contributed by atoms with E-state index in [1.54, 1.807) is 6.07 Å². The smallest absolute Gasteiger partial charge is 0.316 e. The number of primary amides is 1. The minimum absolute atomic E-state index is 0.220. The van der Waals surface area contributed by atoms with Gasteiger partial charge in [-0.3, -0.25) is 0 Å². The van der Waals surface area contributed by atoms with Gasteiger partial charge in [-0.1, -0.05) is 51.2 Å². The summed E-state index contributed by atoms with van der Waals surface area (Å²) in [7, 11) is 0. The highest BCUT2D eigenvalue weighted by atomic mass is 16.5. The highest BCUT2D eigenvalue weighted by molar-refractivity contribution is 5.92. The zero-order valence-electron chi connectivity index (χ0n) is 18.9. The van der Waals surface area contributed by atoms with Crippen molar-refractivity contribution in [3.63, 3.8) is 0 Å². The molecular formula is C26H35N3O3. The van der Waals surface area contributed by atoms with E-state index < -0.39 is 12.1 Å². The third kappa shape index (κ3) is 7.31. The third-order valence-corrected chi connectivity index (χ3v) is 5.63. The van der Waals surface area contributed by atoms with Crippen molar-refractivity contribution in [2.75, 3.05) is 11.9 Å². The van der Waals surface area contributed by atoms with Crippen LogP contribution in [0.2, 0.25) is 0 Å². The second kappa shape index (κ2) is 12.2. The molecule has 1 aromatic heterocycles. The van der Waals surface area contributed by atoms with Gasteiger partial charge in [0.1, 0.15) is 18.5 Å². The highest BCUT2D eigenvalue weighted by Gasteiger charge is 2.10. The van der Waals surface area contributed by atoms with Crippen molar-refractivity contribution < 1.29 is 14.6 Å². The monoisotopic (exact) mass is 437 g/mol. The summed E-state index contributed by atoms with van der Waals surface area (Å²) in [4.78, 5) is 11.0. The van der Waals surface area contributed by atoms with Gasteiger partial charge in [-0.2, -0.15) is 0 Å². The molecule has 2 aromatic carbocycles. The molecule has 0 spiro atoms. The number of benzene rings is 2. The molecule has 0 radical (unpaired) electrons. The standard InChI is InChI=1S/C26H35N3O3/c1-2-3-4-5-6-7-8-20-9-12-24(13-10-20)32-19-23(30)18-29-16-15-21-17-22(28-26(27)31)11-14-25(21)29/h9-17,23,30H,2-8,18-19H2,1H3,(H3,27,28,31). The number of hydrogen-bond donors (Lipinski definition) is 3. The molecule has 0 bridgehead atoms. The summed E-state index contributed by atoms with van der Waals surface area (Å²) < 4.78 is 7.76. The quantitative estimate of drug-likeness (QED) is 0.310. The van der Waals surface area contributed by atoms with E-state index in [1.807, 2.05) is 41.1 Å². The fourth-order valence-electron chi connectivity index (χ4n) is 3.91. The molecular weight excluding hydrogens is 402 g/mol. The lowest BCUT2D eigenvalue weighted by Crippen LogP contribution is -2.23. The Balaban J connectivity index is 1.43. The topological polar surface area (TPSA) is 89.5 Å². The van der Waals surface area contributed by atoms with Gasteiger partial charge in [0.2, 0.25) is 0 Å². The van der Waals surface area contributed by atoms with E-state index in [0.29, 0.717) is 12.2 Å². The fourth-order valence-corrected chi connectivity index (χ4v) is 3.91. The molecule has 6 nitrogen and oxygen atoms in total. The molecule has 3 rings (SSSR count). The van der Waals surface area contributed by atoms with E-state index in [1.165, 1.54) is 44.1 Å². The van der Waals surface area contributed by atoms with Crippen molar-refractivity contribution >= 4 is 22.6 Å². The van der Waals surface area contributed by atoms with E-state index in [9.17, 15) is 9.90 Å². The maximum absolute atomic E-state index is 11.0. The largest absolute Gasteiger partial charge is 0.491 e. The highest BCUT2D eigenvalue weighted by Crippen LogP contribution is 2.21. The van der Waals surface area contributed by atoms with Crippen LogP contribution in [0, 0.1) is 0 Å². The number of aromatic nitrogens is 1. The van der Waals surface area contributed by atoms with Crippen molar-refractivity contribution in [3.05, 3.63) is 60.3 Å². The molecule has 1 heterocycles. The van der Waals surface area contributed by atoms with Gasteiger partial charge in [-0.25, -0.2) is 4.79 Å². The van der Waals surface area contributed by atoms with Crippen molar-refractivity contribution in [1.82, 2.24) is 4.57 Å². The molecule has 172 valence electrons. The van der Waals surface area contributed by atoms with Crippen LogP contribution in [-0.2, 0) is 13.0 Å². The van der Waals surface area contributed by atoms with Crippen LogP contribution in [0.25, 0.3) is 10.9 Å². The van der Waals surface area contributed by atoms with Gasteiger partial charge in [0.05, 0.1) is 6.54 Å². The van der Waals surface area contributed by atoms with Crippen LogP contribution in [0.3, 0.4) is 0 Å². The Labute approximate surface area is 190 Å². The average Bonchev–Trinajstić information content (AvgIpc) is 3.17. The van der Waals surface area contributed by atoms with Gasteiger partial charge in [0.25, 0.3) is 0 Å². The molecule has 0 aliphatic heterocycles. The van der Waals surface area contributed by atoms with Crippen molar-refractivity contribution in [2.45, 2.75) is 64.5 Å². The summed E-state index contributed by atoms with van der Waals surface area (Å²) >= 11 is 0. The molecule has 1 unspecified atom stereocenters. The lowest BCUT2D eigenvalue weighted by atomic mass is 10.0. The Morgan fingerprint density at radius 3 is 2.56 bits per heavy atom. The van der Waals surface area contributed by atoms with Crippen LogP contribution in [-0.4, -0.2) is 28.4 Å². The summed E-state index contributed by atoms with van der Waals surface area (Å²) in [6.45, 7) is 2.88. The molecule has 32 heavy (non-hydrogen) atoms. The van der Waals surface area contributed by atoms with Crippen molar-refractivity contribution in [1.29, 1.82) is 0 Å². The van der Waals surface area contributed by atoms with E-state index in [4.69, 9.17) is 10.5 Å². The number of unbranched alkanes of at least 4 members (excludes halogenated alkanes) is 5. The summed E-state index contributed by atoms with van der Waals surface area (Å²) in [6.07, 6.45) is 10.2. The molecule has 0 saturated carbocycles. The number of aryl methyl sites for hydroxylation is 1. The van der Waals surface area contributed by atoms with Gasteiger partial charge < -0.3 is 25.5 Å². The Bertz CT molecular complexity index is 982. The first kappa shape index (κ1) is 23.7. The maximum Gasteiger partial charge on any atom is 0.316 e. The molecule has 0 aliphatic rings. The van der Waals surface area contributed by atoms with E-state index in [0.717, 1.165) is 23.1 Å². The lowest BCUT2D eigenvalue weighted by molar-refractivity contribution is 0.0935. The number of aliphatic hydroxyl groups is 1. The van der Waals surface area contributed by atoms with Gasteiger partial charge in [-0.05, 0) is 54.8 Å². The predicted molar refractivity (Wildman–Crippen MR) is 130 cm³/mol. The lowest BCUT2D eigenvalue weighted by Gasteiger charge is -2.14. The molecule has 6 heteroatoms. The molecule has 1 atom stereocenters. The van der Waals surface area contributed by atoms with E-state index in [-0.39, 0.29) is 6.61 Å². The number of nitrogens with one attached hydrogen (secondary N) is 1. The summed E-state index contributed by atoms with van der Waals surface area (Å²) in [6, 6.07) is 15.1. The zero-order valence-corrected chi connectivity index (χ0v) is 18.9. The van der Waals surface area contributed by atoms with Crippen LogP contribution in [0.5, 0.6) is 5.75 Å². The number of amides is 2. The fraction of sp³-hybridized carbons (Fsp3) is 0.423. The Morgan fingerprint density at radius 2 is 1.81 bits per heavy atom. The van der Waals surface area contributed by atoms with Gasteiger partial charge in [0, 0.05) is 22.8 Å². The Kier molecular flexibility index (Phi) is 8.99. The number of carbonyl (C=O) groups excluding carboxylic acids is 1. The molecule has 0 saturated heterocycles. The summed E-state index contributed by atoms with van der Waals surface area (Å²) in [5.41, 5.74) is 8.11. The van der Waals surface area contributed by atoms with Gasteiger partial charge >= 0.3 is 6.03 Å². The van der Waals surface area contributed by atoms with Crippen LogP contribution in [0.15, 0.2) is 54.7 Å². The number of urea groups is 1. The van der Waals surface area contributed by atoms with Crippen molar-refractivity contribution in [3.8, 4) is 5.75 Å². The Morgan fingerprint density at radius 1 is 1.06 bits per heavy atom. The zero-order chi connectivity index (χ0) is 22.8. The van der Waals surface area contributed by atoms with Gasteiger partial charge in [-0.15, -0.1) is 0 Å². The number of aliphatic hydroxyl groups excluding tert-OH is 1. The molecule has 4 N–H and O–H groups in total. The van der Waals surface area contributed by atoms with Crippen LogP contribution >= 0.6 is 0 Å². The number of hydrogen-bond acceptors (Lipinski definition) is 3. The predicted octanol–water partition coefficient (Wildman–Crippen LogP) is 5.47. The van der Waals surface area contributed by atoms with Crippen LogP contribution < -0.4 is 15.8 Å². The number of nitrogens with two attached hydrogens (primary N) is 1. The second-order valence-corrected chi connectivity index (χ2v) is 8.36. The molecule has 3 aromatic rings. The van der Waals surface area contributed by atoms with E-state index in [2.05, 4.69) is 24.4 Å². The number of rotatable bonds is 13. The van der Waals surface area contributed by atoms with Gasteiger partial charge in [0.15, 0.2) is 0 Å². The number of nitrogens with zero attached hydrogens (tertiary/aromatic N) is 1. The third-order valence-electron chi connectivity index (χ3n) is 5.63. The normalized spacial score (nSPS) is 12.1. The molecule has 0 fully saturated rings. The summed E-state index contributed by atoms with van der Waals surface area (Å²) in [5.74, 6) is 0.773. The number of anilines is 1. The first-order valence-corrected chi connectivity index (χ1v) is 11.6. The molecule has 0 aliphatic carbocycles. The SMILES string of the molecule is CCCCCCCCc1ccc(OCC(O)Cn2ccc3cc(NC(N)=O)ccc32)cc1. The Hall–Kier alpha value is -2.99. The second-order valence-electron chi connectivity index (χ2n) is 8.36. The first-order valence-electron chi connectivity index (χ1n) is 11.6. The van der Waals surface area contributed by atoms with Crippen LogP contribution in [0.1, 0.15) is 51.0 Å². The summed E-state index contributed by atoms with van der Waals surface area (Å²) in [5, 5.41) is 14.0. The van der Waals surface area contributed by atoms with Crippen LogP contribution in [0.4, 0.5) is 10.5 Å². The average molecular weight is 438 g/mol. The first-order chi connectivity index (χ1) is 15.5. The number of fused-ring (bicyclic) bond motifs is 1. The maximum atomic E-state index is 11.0. The minimum atomic E-state index is -0.642. The van der Waals surface area contributed by atoms with E-state index >= 15 is 0 Å². The molecule has 2 amide bonds. The number of carbonyl (C=O) groups is 1. The number of ether oxygens (including phenoxy) is 1. The minimum Gasteiger partial charge on any atom is -0.491 e. The van der Waals surface area contributed by atoms with Crippen molar-refractivity contribution in [2.24, 2.45) is 5.73 Å².